The van der Waals surface area contributed by atoms with E-state index < -0.39 is 15.8 Å². The summed E-state index contributed by atoms with van der Waals surface area (Å²) in [6, 6.07) is 10.9. The van der Waals surface area contributed by atoms with Gasteiger partial charge in [-0.2, -0.15) is 0 Å². The summed E-state index contributed by atoms with van der Waals surface area (Å²) >= 11 is 0. The first-order chi connectivity index (χ1) is 14.7. The smallest absolute Gasteiger partial charge is 0.261 e. The van der Waals surface area contributed by atoms with Crippen LogP contribution in [0.3, 0.4) is 0 Å². The monoisotopic (exact) mass is 443 g/mol. The summed E-state index contributed by atoms with van der Waals surface area (Å²) in [5, 5.41) is 0. The highest BCUT2D eigenvalue weighted by atomic mass is 32.2. The molecule has 1 heterocycles. The molecule has 3 rings (SSSR count). The fourth-order valence-electron chi connectivity index (χ4n) is 2.75. The molecule has 0 aliphatic rings. The van der Waals surface area contributed by atoms with E-state index in [1.165, 1.54) is 47.4 Å². The maximum atomic E-state index is 13.7. The Morgan fingerprint density at radius 1 is 1.00 bits per heavy atom. The number of carbonyl (C=O) groups excluding carboxylic acids is 1. The summed E-state index contributed by atoms with van der Waals surface area (Å²) in [4.78, 5) is 24.3. The van der Waals surface area contributed by atoms with Gasteiger partial charge in [-0.1, -0.05) is 12.1 Å². The van der Waals surface area contributed by atoms with E-state index >= 15 is 0 Å². The molecular formula is C21H22FN5O3S. The number of hydrogen-bond acceptors (Lipinski definition) is 6. The van der Waals surface area contributed by atoms with Crippen LogP contribution in [-0.2, 0) is 16.6 Å². The van der Waals surface area contributed by atoms with Gasteiger partial charge in [0, 0.05) is 51.2 Å². The van der Waals surface area contributed by atoms with Gasteiger partial charge in [-0.25, -0.2) is 22.8 Å². The number of benzene rings is 2. The second kappa shape index (κ2) is 9.09. The standard InChI is InChI=1S/C21H22FN5O3S/c1-26(2)21-23-12-15(13-24-21)14-27(3)20(28)16-8-10-17(11-9-16)31(29,30)25-19-7-5-4-6-18(19)22/h4-13,25H,14H2,1-3H3. The Labute approximate surface area is 180 Å². The van der Waals surface area contributed by atoms with Gasteiger partial charge in [0.2, 0.25) is 5.95 Å². The van der Waals surface area contributed by atoms with Gasteiger partial charge in [0.05, 0.1) is 10.6 Å². The molecule has 0 bridgehead atoms. The van der Waals surface area contributed by atoms with Crippen molar-refractivity contribution in [3.8, 4) is 0 Å². The fraction of sp³-hybridized carbons (Fsp3) is 0.190. The van der Waals surface area contributed by atoms with Gasteiger partial charge < -0.3 is 9.80 Å². The van der Waals surface area contributed by atoms with Crippen LogP contribution in [0.25, 0.3) is 0 Å². The molecule has 0 atom stereocenters. The first-order valence-electron chi connectivity index (χ1n) is 9.28. The maximum absolute atomic E-state index is 13.7. The number of carbonyl (C=O) groups is 1. The van der Waals surface area contributed by atoms with Gasteiger partial charge in [-0.05, 0) is 36.4 Å². The van der Waals surface area contributed by atoms with E-state index in [9.17, 15) is 17.6 Å². The van der Waals surface area contributed by atoms with Crippen molar-refractivity contribution in [2.24, 2.45) is 0 Å². The van der Waals surface area contributed by atoms with E-state index in [2.05, 4.69) is 14.7 Å². The van der Waals surface area contributed by atoms with Gasteiger partial charge in [0.1, 0.15) is 5.82 Å². The summed E-state index contributed by atoms with van der Waals surface area (Å²) in [7, 11) is 1.31. The Balaban J connectivity index is 1.69. The largest absolute Gasteiger partial charge is 0.347 e. The molecule has 0 saturated heterocycles. The molecule has 1 N–H and O–H groups in total. The zero-order valence-corrected chi connectivity index (χ0v) is 18.1. The predicted octanol–water partition coefficient (Wildman–Crippen LogP) is 2.75. The summed E-state index contributed by atoms with van der Waals surface area (Å²) in [6.07, 6.45) is 3.30. The second-order valence-electron chi connectivity index (χ2n) is 7.06. The SMILES string of the molecule is CN(Cc1cnc(N(C)C)nc1)C(=O)c1ccc(S(=O)(=O)Nc2ccccc2F)cc1. The maximum Gasteiger partial charge on any atom is 0.261 e. The third-order valence-electron chi connectivity index (χ3n) is 4.39. The summed E-state index contributed by atoms with van der Waals surface area (Å²) in [5.41, 5.74) is 0.929. The molecule has 10 heteroatoms. The fourth-order valence-corrected chi connectivity index (χ4v) is 3.82. The molecule has 1 amide bonds. The zero-order valence-electron chi connectivity index (χ0n) is 17.3. The zero-order chi connectivity index (χ0) is 22.6. The third kappa shape index (κ3) is 5.34. The van der Waals surface area contributed by atoms with Crippen molar-refractivity contribution in [3.05, 3.63) is 77.9 Å². The molecule has 0 radical (unpaired) electrons. The van der Waals surface area contributed by atoms with Crippen LogP contribution >= 0.6 is 0 Å². The van der Waals surface area contributed by atoms with Crippen molar-refractivity contribution >= 4 is 27.6 Å². The molecule has 1 aromatic heterocycles. The summed E-state index contributed by atoms with van der Waals surface area (Å²) in [5.74, 6) is -0.400. The minimum absolute atomic E-state index is 0.0809. The van der Waals surface area contributed by atoms with Crippen LogP contribution in [0.15, 0.2) is 65.8 Å². The number of halogens is 1. The molecule has 0 spiro atoms. The Bertz CT molecular complexity index is 1170. The lowest BCUT2D eigenvalue weighted by atomic mass is 10.2. The summed E-state index contributed by atoms with van der Waals surface area (Å²) < 4.78 is 40.9. The molecular weight excluding hydrogens is 421 g/mol. The number of amides is 1. The number of rotatable bonds is 7. The van der Waals surface area contributed by atoms with Crippen molar-refractivity contribution < 1.29 is 17.6 Å². The van der Waals surface area contributed by atoms with E-state index in [-0.39, 0.29) is 16.5 Å². The lowest BCUT2D eigenvalue weighted by Crippen LogP contribution is -2.26. The molecule has 3 aromatic rings. The molecule has 0 aliphatic heterocycles. The third-order valence-corrected chi connectivity index (χ3v) is 5.77. The molecule has 0 unspecified atom stereocenters. The minimum atomic E-state index is -3.99. The van der Waals surface area contributed by atoms with Gasteiger partial charge in [0.15, 0.2) is 0 Å². The molecule has 0 aliphatic carbocycles. The molecule has 162 valence electrons. The van der Waals surface area contributed by atoms with Gasteiger partial charge in [-0.15, -0.1) is 0 Å². The minimum Gasteiger partial charge on any atom is -0.347 e. The van der Waals surface area contributed by atoms with Crippen LogP contribution in [-0.4, -0.2) is 50.3 Å². The predicted molar refractivity (Wildman–Crippen MR) is 116 cm³/mol. The van der Waals surface area contributed by atoms with Crippen LogP contribution < -0.4 is 9.62 Å². The Morgan fingerprint density at radius 2 is 1.61 bits per heavy atom. The Kier molecular flexibility index (Phi) is 6.50. The van der Waals surface area contributed by atoms with Gasteiger partial charge >= 0.3 is 0 Å². The van der Waals surface area contributed by atoms with Crippen LogP contribution in [0.4, 0.5) is 16.0 Å². The molecule has 2 aromatic carbocycles. The normalized spacial score (nSPS) is 11.1. The first-order valence-corrected chi connectivity index (χ1v) is 10.8. The number of anilines is 2. The summed E-state index contributed by atoms with van der Waals surface area (Å²) in [6.45, 7) is 0.293. The quantitative estimate of drug-likeness (QED) is 0.603. The Hall–Kier alpha value is -3.53. The van der Waals surface area contributed by atoms with Crippen LogP contribution in [0.5, 0.6) is 0 Å². The Morgan fingerprint density at radius 3 is 2.19 bits per heavy atom. The highest BCUT2D eigenvalue weighted by Crippen LogP contribution is 2.19. The number of aromatic nitrogens is 2. The van der Waals surface area contributed by atoms with E-state index in [0.717, 1.165) is 11.6 Å². The second-order valence-corrected chi connectivity index (χ2v) is 8.74. The number of nitrogens with zero attached hydrogens (tertiary/aromatic N) is 4. The molecule has 0 fully saturated rings. The van der Waals surface area contributed by atoms with Crippen LogP contribution in [0.1, 0.15) is 15.9 Å². The lowest BCUT2D eigenvalue weighted by molar-refractivity contribution is 0.0785. The van der Waals surface area contributed by atoms with Gasteiger partial charge in [0.25, 0.3) is 15.9 Å². The number of para-hydroxylation sites is 1. The lowest BCUT2D eigenvalue weighted by Gasteiger charge is -2.18. The number of hydrogen-bond donors (Lipinski definition) is 1. The molecule has 8 nitrogen and oxygen atoms in total. The van der Waals surface area contributed by atoms with Crippen LogP contribution in [0.2, 0.25) is 0 Å². The van der Waals surface area contributed by atoms with Crippen molar-refractivity contribution in [3.63, 3.8) is 0 Å². The van der Waals surface area contributed by atoms with E-state index in [1.807, 2.05) is 14.1 Å². The molecule has 0 saturated carbocycles. The van der Waals surface area contributed by atoms with Crippen molar-refractivity contribution in [1.82, 2.24) is 14.9 Å². The molecule has 31 heavy (non-hydrogen) atoms. The van der Waals surface area contributed by atoms with E-state index in [1.54, 1.807) is 24.3 Å². The number of sulfonamides is 1. The van der Waals surface area contributed by atoms with E-state index in [4.69, 9.17) is 0 Å². The highest BCUT2D eigenvalue weighted by Gasteiger charge is 2.18. The van der Waals surface area contributed by atoms with Crippen molar-refractivity contribution in [2.75, 3.05) is 30.8 Å². The average molecular weight is 444 g/mol. The topological polar surface area (TPSA) is 95.5 Å². The van der Waals surface area contributed by atoms with Gasteiger partial charge in [-0.3, -0.25) is 9.52 Å². The highest BCUT2D eigenvalue weighted by molar-refractivity contribution is 7.92. The average Bonchev–Trinajstić information content (AvgIpc) is 2.75. The van der Waals surface area contributed by atoms with Crippen molar-refractivity contribution in [2.45, 2.75) is 11.4 Å². The van der Waals surface area contributed by atoms with Crippen LogP contribution in [0, 0.1) is 5.82 Å². The van der Waals surface area contributed by atoms with E-state index in [0.29, 0.717) is 18.1 Å². The number of nitrogens with one attached hydrogen (secondary N) is 1. The van der Waals surface area contributed by atoms with Crippen molar-refractivity contribution in [1.29, 1.82) is 0 Å². The first kappa shape index (κ1) is 22.2.